The molecule has 0 saturated carbocycles. The summed E-state index contributed by atoms with van der Waals surface area (Å²) in [5.74, 6) is 1.51. The first-order chi connectivity index (χ1) is 12.5. The maximum atomic E-state index is 12.8. The molecule has 6 heteroatoms. The zero-order valence-corrected chi connectivity index (χ0v) is 16.9. The topological polar surface area (TPSA) is 58.4 Å². The molecule has 0 bridgehead atoms. The summed E-state index contributed by atoms with van der Waals surface area (Å²) < 4.78 is 5.37. The number of hydrogen-bond acceptors (Lipinski definition) is 5. The van der Waals surface area contributed by atoms with Gasteiger partial charge in [-0.2, -0.15) is 0 Å². The first-order valence-electron chi connectivity index (χ1n) is 9.49. The lowest BCUT2D eigenvalue weighted by Crippen LogP contribution is -2.41. The van der Waals surface area contributed by atoms with Crippen molar-refractivity contribution in [2.24, 2.45) is 5.92 Å². The van der Waals surface area contributed by atoms with Gasteiger partial charge >= 0.3 is 0 Å². The molecule has 1 saturated heterocycles. The normalized spacial score (nSPS) is 17.6. The van der Waals surface area contributed by atoms with Gasteiger partial charge in [0.1, 0.15) is 5.56 Å². The predicted octanol–water partition coefficient (Wildman–Crippen LogP) is 4.37. The van der Waals surface area contributed by atoms with Crippen molar-refractivity contribution in [3.05, 3.63) is 39.4 Å². The fourth-order valence-corrected chi connectivity index (χ4v) is 4.43. The number of likely N-dealkylation sites (tertiary alicyclic amines) is 1. The van der Waals surface area contributed by atoms with Gasteiger partial charge in [0, 0.05) is 17.3 Å². The van der Waals surface area contributed by atoms with Crippen LogP contribution >= 0.6 is 11.3 Å². The fourth-order valence-electron chi connectivity index (χ4n) is 3.57. The summed E-state index contributed by atoms with van der Waals surface area (Å²) in [5, 5.41) is 9.24. The molecule has 3 heterocycles. The SMILES string of the molecule is Cc1noc(C(C)C)c1C(=O)NCC(c1cccs1)N1CCC(C)CC1. The van der Waals surface area contributed by atoms with E-state index >= 15 is 0 Å². The minimum Gasteiger partial charge on any atom is -0.360 e. The van der Waals surface area contributed by atoms with E-state index < -0.39 is 0 Å². The summed E-state index contributed by atoms with van der Waals surface area (Å²) in [6, 6.07) is 4.49. The number of nitrogens with one attached hydrogen (secondary N) is 1. The number of amides is 1. The monoisotopic (exact) mass is 375 g/mol. The van der Waals surface area contributed by atoms with Crippen molar-refractivity contribution in [3.8, 4) is 0 Å². The molecule has 1 fully saturated rings. The van der Waals surface area contributed by atoms with E-state index in [2.05, 4.69) is 39.8 Å². The second kappa shape index (κ2) is 8.35. The standard InChI is InChI=1S/C20H29N3O2S/c1-13(2)19-18(15(4)22-25-19)20(24)21-12-16(17-6-5-11-26-17)23-9-7-14(3)8-10-23/h5-6,11,13-14,16H,7-10,12H2,1-4H3,(H,21,24). The summed E-state index contributed by atoms with van der Waals surface area (Å²) in [7, 11) is 0. The Morgan fingerprint density at radius 2 is 2.15 bits per heavy atom. The van der Waals surface area contributed by atoms with Crippen LogP contribution in [0.4, 0.5) is 0 Å². The third kappa shape index (κ3) is 4.18. The van der Waals surface area contributed by atoms with Crippen LogP contribution in [0.15, 0.2) is 22.0 Å². The first kappa shape index (κ1) is 19.1. The van der Waals surface area contributed by atoms with Crippen molar-refractivity contribution in [2.75, 3.05) is 19.6 Å². The highest BCUT2D eigenvalue weighted by atomic mass is 32.1. The van der Waals surface area contributed by atoms with Crippen molar-refractivity contribution >= 4 is 17.2 Å². The molecule has 0 spiro atoms. The maximum Gasteiger partial charge on any atom is 0.256 e. The number of rotatable bonds is 6. The van der Waals surface area contributed by atoms with E-state index in [1.165, 1.54) is 17.7 Å². The fraction of sp³-hybridized carbons (Fsp3) is 0.600. The quantitative estimate of drug-likeness (QED) is 0.814. The molecule has 26 heavy (non-hydrogen) atoms. The Labute approximate surface area is 159 Å². The highest BCUT2D eigenvalue weighted by Gasteiger charge is 2.27. The molecule has 1 aliphatic heterocycles. The Bertz CT molecular complexity index is 716. The van der Waals surface area contributed by atoms with Gasteiger partial charge < -0.3 is 9.84 Å². The van der Waals surface area contributed by atoms with Crippen LogP contribution in [0.2, 0.25) is 0 Å². The Morgan fingerprint density at radius 3 is 2.77 bits per heavy atom. The number of thiophene rings is 1. The van der Waals surface area contributed by atoms with Crippen molar-refractivity contribution in [3.63, 3.8) is 0 Å². The molecule has 1 amide bonds. The van der Waals surface area contributed by atoms with Crippen LogP contribution in [0.3, 0.4) is 0 Å². The van der Waals surface area contributed by atoms with Gasteiger partial charge in [-0.3, -0.25) is 9.69 Å². The average molecular weight is 376 g/mol. The molecular weight excluding hydrogens is 346 g/mol. The second-order valence-corrected chi connectivity index (χ2v) is 8.60. The average Bonchev–Trinajstić information content (AvgIpc) is 3.26. The zero-order valence-electron chi connectivity index (χ0n) is 16.1. The van der Waals surface area contributed by atoms with Gasteiger partial charge in [0.2, 0.25) is 0 Å². The van der Waals surface area contributed by atoms with Crippen molar-refractivity contribution < 1.29 is 9.32 Å². The summed E-state index contributed by atoms with van der Waals surface area (Å²) in [6.45, 7) is 11.0. The van der Waals surface area contributed by atoms with Crippen molar-refractivity contribution in [1.29, 1.82) is 0 Å². The lowest BCUT2D eigenvalue weighted by molar-refractivity contribution is 0.0912. The molecule has 2 aromatic rings. The Kier molecular flexibility index (Phi) is 6.14. The summed E-state index contributed by atoms with van der Waals surface area (Å²) in [4.78, 5) is 16.7. The van der Waals surface area contributed by atoms with Gasteiger partial charge in [-0.05, 0) is 50.2 Å². The minimum atomic E-state index is -0.0839. The van der Waals surface area contributed by atoms with Crippen LogP contribution < -0.4 is 5.32 Å². The van der Waals surface area contributed by atoms with Gasteiger partial charge in [-0.25, -0.2) is 0 Å². The van der Waals surface area contributed by atoms with Crippen molar-refractivity contribution in [2.45, 2.75) is 52.5 Å². The molecule has 1 aliphatic rings. The molecule has 2 aromatic heterocycles. The molecule has 3 rings (SSSR count). The highest BCUT2D eigenvalue weighted by molar-refractivity contribution is 7.10. The number of piperidine rings is 1. The summed E-state index contributed by atoms with van der Waals surface area (Å²) in [6.07, 6.45) is 2.44. The molecule has 0 aromatic carbocycles. The molecule has 1 unspecified atom stereocenters. The van der Waals surface area contributed by atoms with E-state index in [0.29, 0.717) is 23.6 Å². The Balaban J connectivity index is 1.72. The lowest BCUT2D eigenvalue weighted by Gasteiger charge is -2.36. The number of aromatic nitrogens is 1. The number of hydrogen-bond donors (Lipinski definition) is 1. The van der Waals surface area contributed by atoms with E-state index in [4.69, 9.17) is 4.52 Å². The Morgan fingerprint density at radius 1 is 1.42 bits per heavy atom. The smallest absolute Gasteiger partial charge is 0.256 e. The third-order valence-corrected chi connectivity index (χ3v) is 6.20. The molecule has 1 N–H and O–H groups in total. The molecule has 142 valence electrons. The largest absolute Gasteiger partial charge is 0.360 e. The number of nitrogens with zero attached hydrogens (tertiary/aromatic N) is 2. The van der Waals surface area contributed by atoms with E-state index in [0.717, 1.165) is 19.0 Å². The van der Waals surface area contributed by atoms with E-state index in [1.54, 1.807) is 11.3 Å². The number of carbonyl (C=O) groups is 1. The lowest BCUT2D eigenvalue weighted by atomic mass is 9.97. The summed E-state index contributed by atoms with van der Waals surface area (Å²) >= 11 is 1.76. The summed E-state index contributed by atoms with van der Waals surface area (Å²) in [5.41, 5.74) is 1.25. The van der Waals surface area contributed by atoms with Crippen LogP contribution in [-0.4, -0.2) is 35.6 Å². The predicted molar refractivity (Wildman–Crippen MR) is 105 cm³/mol. The molecule has 5 nitrogen and oxygen atoms in total. The van der Waals surface area contributed by atoms with Gasteiger partial charge in [0.25, 0.3) is 5.91 Å². The molecule has 1 atom stereocenters. The zero-order chi connectivity index (χ0) is 18.7. The van der Waals surface area contributed by atoms with Crippen LogP contribution in [0, 0.1) is 12.8 Å². The van der Waals surface area contributed by atoms with E-state index in [1.807, 2.05) is 20.8 Å². The number of carbonyl (C=O) groups excluding carboxylic acids is 1. The van der Waals surface area contributed by atoms with Crippen LogP contribution in [0.25, 0.3) is 0 Å². The maximum absolute atomic E-state index is 12.8. The number of aryl methyl sites for hydroxylation is 1. The molecule has 0 aliphatic carbocycles. The van der Waals surface area contributed by atoms with Gasteiger partial charge in [0.05, 0.1) is 11.7 Å². The minimum absolute atomic E-state index is 0.0839. The van der Waals surface area contributed by atoms with Gasteiger partial charge in [-0.15, -0.1) is 11.3 Å². The van der Waals surface area contributed by atoms with E-state index in [-0.39, 0.29) is 17.9 Å². The third-order valence-electron chi connectivity index (χ3n) is 5.23. The van der Waals surface area contributed by atoms with Gasteiger partial charge in [-0.1, -0.05) is 32.0 Å². The van der Waals surface area contributed by atoms with Crippen LogP contribution in [0.5, 0.6) is 0 Å². The van der Waals surface area contributed by atoms with Gasteiger partial charge in [0.15, 0.2) is 5.76 Å². The first-order valence-corrected chi connectivity index (χ1v) is 10.4. The van der Waals surface area contributed by atoms with Crippen LogP contribution in [-0.2, 0) is 0 Å². The van der Waals surface area contributed by atoms with Crippen LogP contribution in [0.1, 0.15) is 72.3 Å². The molecule has 0 radical (unpaired) electrons. The Hall–Kier alpha value is -1.66. The second-order valence-electron chi connectivity index (χ2n) is 7.62. The van der Waals surface area contributed by atoms with E-state index in [9.17, 15) is 4.79 Å². The highest BCUT2D eigenvalue weighted by Crippen LogP contribution is 2.29. The van der Waals surface area contributed by atoms with Crippen molar-refractivity contribution in [1.82, 2.24) is 15.4 Å². The molecular formula is C20H29N3O2S.